The van der Waals surface area contributed by atoms with Crippen LogP contribution in [0.15, 0.2) is 0 Å². The van der Waals surface area contributed by atoms with Crippen molar-refractivity contribution in [3.63, 3.8) is 0 Å². The summed E-state index contributed by atoms with van der Waals surface area (Å²) >= 11 is 8.90. The fraction of sp³-hybridized carbons (Fsp3) is 0.800. The van der Waals surface area contributed by atoms with E-state index >= 15 is 0 Å². The Morgan fingerprint density at radius 2 is 1.78 bits per heavy atom. The molecule has 1 heterocycles. The molecular weight excluding hydrogens is 161 g/mol. The Kier molecular flexibility index (Phi) is 5.65. The van der Waals surface area contributed by atoms with Crippen molar-refractivity contribution in [3.05, 3.63) is 0 Å². The molecule has 0 aromatic carbocycles. The van der Waals surface area contributed by atoms with Crippen molar-refractivity contribution in [1.29, 1.82) is 0 Å². The first-order valence-electron chi connectivity index (χ1n) is 2.78. The van der Waals surface area contributed by atoms with Gasteiger partial charge >= 0.3 is 29.6 Å². The minimum absolute atomic E-state index is 0. The Morgan fingerprint density at radius 1 is 1.33 bits per heavy atom. The van der Waals surface area contributed by atoms with Gasteiger partial charge in [0.2, 0.25) is 0 Å². The number of hydrogen-bond donors (Lipinski definition) is 1. The van der Waals surface area contributed by atoms with Crippen LogP contribution >= 0.6 is 24.8 Å². The zero-order chi connectivity index (χ0) is 5.98. The largest absolute Gasteiger partial charge is 1.00 e. The van der Waals surface area contributed by atoms with Gasteiger partial charge in [-0.15, -0.1) is 12.6 Å². The van der Waals surface area contributed by atoms with Crippen molar-refractivity contribution in [2.75, 3.05) is 13.1 Å². The summed E-state index contributed by atoms with van der Waals surface area (Å²) in [6.45, 7) is 2.23. The van der Waals surface area contributed by atoms with Crippen LogP contribution in [0.4, 0.5) is 0 Å². The van der Waals surface area contributed by atoms with Crippen molar-refractivity contribution in [2.45, 2.75) is 12.8 Å². The minimum atomic E-state index is 0. The van der Waals surface area contributed by atoms with E-state index in [4.69, 9.17) is 12.2 Å². The Labute approximate surface area is 88.9 Å². The Hall–Kier alpha value is 1.24. The van der Waals surface area contributed by atoms with Gasteiger partial charge in [0, 0.05) is 13.1 Å². The zero-order valence-electron chi connectivity index (χ0n) is 5.63. The summed E-state index contributed by atoms with van der Waals surface area (Å²) in [5.74, 6) is 0. The summed E-state index contributed by atoms with van der Waals surface area (Å²) in [6, 6.07) is 0. The van der Waals surface area contributed by atoms with E-state index in [0.717, 1.165) is 17.4 Å². The number of thiocarbonyl (C=S) groups is 1. The third-order valence-electron chi connectivity index (χ3n) is 1.38. The van der Waals surface area contributed by atoms with E-state index in [1.807, 2.05) is 0 Å². The van der Waals surface area contributed by atoms with Gasteiger partial charge in [-0.05, 0) is 12.8 Å². The van der Waals surface area contributed by atoms with E-state index in [-0.39, 0.29) is 29.6 Å². The molecule has 0 bridgehead atoms. The van der Waals surface area contributed by atoms with Crippen LogP contribution in [-0.4, -0.2) is 22.3 Å². The molecule has 1 aliphatic heterocycles. The molecule has 0 aromatic heterocycles. The van der Waals surface area contributed by atoms with Gasteiger partial charge in [0.1, 0.15) is 4.32 Å². The molecule has 0 radical (unpaired) electrons. The van der Waals surface area contributed by atoms with Crippen LogP contribution in [-0.2, 0) is 0 Å². The number of thiol groups is 1. The van der Waals surface area contributed by atoms with Gasteiger partial charge in [-0.2, -0.15) is 0 Å². The summed E-state index contributed by atoms with van der Waals surface area (Å²) < 4.78 is 0.752. The molecule has 1 saturated heterocycles. The molecule has 9 heavy (non-hydrogen) atoms. The summed E-state index contributed by atoms with van der Waals surface area (Å²) in [5.41, 5.74) is 0. The minimum Gasteiger partial charge on any atom is -0.358 e. The van der Waals surface area contributed by atoms with E-state index < -0.39 is 0 Å². The Morgan fingerprint density at radius 3 is 2.00 bits per heavy atom. The maximum absolute atomic E-state index is 4.85. The van der Waals surface area contributed by atoms with Gasteiger partial charge in [-0.1, -0.05) is 12.2 Å². The van der Waals surface area contributed by atoms with Gasteiger partial charge in [-0.25, -0.2) is 0 Å². The first-order chi connectivity index (χ1) is 3.80. The SMILES string of the molecule is S=C(S)N1CCCC1.[Na+]. The standard InChI is InChI=1S/C5H9NS2.Na/c7-5(8)6-3-1-2-4-6;/h1-4H2,(H,7,8);/q;+1. The second kappa shape index (κ2) is 4.97. The monoisotopic (exact) mass is 170 g/mol. The molecule has 1 fully saturated rings. The normalized spacial score (nSPS) is 17.2. The molecule has 0 aromatic rings. The molecule has 46 valence electrons. The van der Waals surface area contributed by atoms with Gasteiger partial charge in [0.15, 0.2) is 0 Å². The first-order valence-corrected chi connectivity index (χ1v) is 3.64. The zero-order valence-corrected chi connectivity index (χ0v) is 9.34. The van der Waals surface area contributed by atoms with Crippen molar-refractivity contribution in [3.8, 4) is 0 Å². The predicted octanol–water partition coefficient (Wildman–Crippen LogP) is -1.70. The number of rotatable bonds is 0. The average molecular weight is 170 g/mol. The fourth-order valence-electron chi connectivity index (χ4n) is 0.908. The molecule has 0 saturated carbocycles. The number of hydrogen-bond acceptors (Lipinski definition) is 1. The third kappa shape index (κ3) is 3.23. The van der Waals surface area contributed by atoms with Gasteiger partial charge < -0.3 is 4.90 Å². The predicted molar refractivity (Wildman–Crippen MR) is 42.4 cm³/mol. The van der Waals surface area contributed by atoms with Crippen LogP contribution in [0.2, 0.25) is 0 Å². The number of likely N-dealkylation sites (tertiary alicyclic amines) is 1. The van der Waals surface area contributed by atoms with Crippen LogP contribution in [0, 0.1) is 0 Å². The van der Waals surface area contributed by atoms with Gasteiger partial charge in [0.25, 0.3) is 0 Å². The molecule has 0 aliphatic carbocycles. The molecule has 0 amide bonds. The molecule has 0 atom stereocenters. The maximum atomic E-state index is 4.85. The summed E-state index contributed by atoms with van der Waals surface area (Å²) in [4.78, 5) is 2.12. The van der Waals surface area contributed by atoms with Crippen molar-refractivity contribution < 1.29 is 29.6 Å². The molecule has 1 nitrogen and oxygen atoms in total. The van der Waals surface area contributed by atoms with Crippen molar-refractivity contribution in [2.24, 2.45) is 0 Å². The van der Waals surface area contributed by atoms with Crippen LogP contribution < -0.4 is 29.6 Å². The molecule has 4 heteroatoms. The van der Waals surface area contributed by atoms with Crippen LogP contribution in [0.5, 0.6) is 0 Å². The maximum Gasteiger partial charge on any atom is 1.00 e. The van der Waals surface area contributed by atoms with E-state index in [0.29, 0.717) is 0 Å². The molecule has 0 N–H and O–H groups in total. The molecule has 0 spiro atoms. The van der Waals surface area contributed by atoms with E-state index in [2.05, 4.69) is 17.5 Å². The third-order valence-corrected chi connectivity index (χ3v) is 1.92. The fourth-order valence-corrected chi connectivity index (χ4v) is 1.29. The quantitative estimate of drug-likeness (QED) is 0.262. The number of nitrogens with zero attached hydrogens (tertiary/aromatic N) is 1. The van der Waals surface area contributed by atoms with E-state index in [1.54, 1.807) is 0 Å². The summed E-state index contributed by atoms with van der Waals surface area (Å²) in [7, 11) is 0. The van der Waals surface area contributed by atoms with Gasteiger partial charge in [-0.3, -0.25) is 0 Å². The summed E-state index contributed by atoms with van der Waals surface area (Å²) in [6.07, 6.45) is 2.56. The van der Waals surface area contributed by atoms with Crippen molar-refractivity contribution >= 4 is 29.2 Å². The molecule has 0 unspecified atom stereocenters. The van der Waals surface area contributed by atoms with Crippen molar-refractivity contribution in [1.82, 2.24) is 4.90 Å². The topological polar surface area (TPSA) is 3.24 Å². The Balaban J connectivity index is 0.000000640. The van der Waals surface area contributed by atoms with E-state index in [1.165, 1.54) is 12.8 Å². The second-order valence-corrected chi connectivity index (χ2v) is 3.09. The van der Waals surface area contributed by atoms with Crippen LogP contribution in [0.3, 0.4) is 0 Å². The average Bonchev–Trinajstić information content (AvgIpc) is 2.12. The Bertz CT molecular complexity index is 101. The van der Waals surface area contributed by atoms with Gasteiger partial charge in [0.05, 0.1) is 0 Å². The van der Waals surface area contributed by atoms with E-state index in [9.17, 15) is 0 Å². The summed E-state index contributed by atoms with van der Waals surface area (Å²) in [5, 5.41) is 0. The second-order valence-electron chi connectivity index (χ2n) is 1.98. The first kappa shape index (κ1) is 10.2. The van der Waals surface area contributed by atoms with Crippen LogP contribution in [0.25, 0.3) is 0 Å². The smallest absolute Gasteiger partial charge is 0.358 e. The molecular formula is C5H9NNaS2+. The molecule has 1 rings (SSSR count). The van der Waals surface area contributed by atoms with Crippen LogP contribution in [0.1, 0.15) is 12.8 Å². The molecule has 1 aliphatic rings.